The van der Waals surface area contributed by atoms with Crippen LogP contribution in [0.3, 0.4) is 0 Å². The normalized spacial score (nSPS) is 10.8. The minimum atomic E-state index is 0.596. The third-order valence-electron chi connectivity index (χ3n) is 3.92. The second-order valence-corrected chi connectivity index (χ2v) is 5.56. The van der Waals surface area contributed by atoms with Crippen LogP contribution in [0.25, 0.3) is 17.0 Å². The summed E-state index contributed by atoms with van der Waals surface area (Å²) in [5.41, 5.74) is 3.26. The molecule has 0 saturated carbocycles. The number of rotatable bonds is 5. The Bertz CT molecular complexity index is 932. The molecule has 0 radical (unpaired) electrons. The van der Waals surface area contributed by atoms with E-state index in [0.29, 0.717) is 5.78 Å². The second kappa shape index (κ2) is 6.50. The second-order valence-electron chi connectivity index (χ2n) is 5.56. The number of benzene rings is 2. The van der Waals surface area contributed by atoms with E-state index in [2.05, 4.69) is 44.8 Å². The van der Waals surface area contributed by atoms with Crippen LogP contribution < -0.4 is 5.32 Å². The molecule has 2 aromatic heterocycles. The molecule has 2 heterocycles. The van der Waals surface area contributed by atoms with Crippen molar-refractivity contribution in [3.8, 4) is 11.3 Å². The van der Waals surface area contributed by atoms with Gasteiger partial charge in [-0.3, -0.25) is 4.40 Å². The van der Waals surface area contributed by atoms with Gasteiger partial charge >= 0.3 is 0 Å². The molecule has 2 aromatic carbocycles. The molecule has 0 spiro atoms. The lowest BCUT2D eigenvalue weighted by Gasteiger charge is -2.10. The molecule has 4 rings (SSSR count). The van der Waals surface area contributed by atoms with Gasteiger partial charge in [-0.2, -0.15) is 0 Å². The third kappa shape index (κ3) is 2.96. The highest BCUT2D eigenvalue weighted by Gasteiger charge is 2.08. The Balaban J connectivity index is 1.60. The summed E-state index contributed by atoms with van der Waals surface area (Å²) in [6, 6.07) is 22.6. The summed E-state index contributed by atoms with van der Waals surface area (Å²) >= 11 is 0. The molecule has 0 unspecified atom stereocenters. The van der Waals surface area contributed by atoms with E-state index in [9.17, 15) is 0 Å². The predicted molar refractivity (Wildman–Crippen MR) is 94.9 cm³/mol. The summed E-state index contributed by atoms with van der Waals surface area (Å²) in [5.74, 6) is 1.54. The van der Waals surface area contributed by atoms with Crippen LogP contribution in [-0.4, -0.2) is 26.1 Å². The van der Waals surface area contributed by atoms with Crippen molar-refractivity contribution in [2.45, 2.75) is 6.42 Å². The van der Waals surface area contributed by atoms with Gasteiger partial charge in [-0.15, -0.1) is 10.2 Å². The topological polar surface area (TPSA) is 55.1 Å². The van der Waals surface area contributed by atoms with Gasteiger partial charge in [0.1, 0.15) is 12.1 Å². The van der Waals surface area contributed by atoms with E-state index in [4.69, 9.17) is 0 Å². The number of hydrogen-bond donors (Lipinski definition) is 1. The Hall–Kier alpha value is -3.21. The summed E-state index contributed by atoms with van der Waals surface area (Å²) in [6.45, 7) is 0.829. The van der Waals surface area contributed by atoms with E-state index in [1.165, 1.54) is 5.56 Å². The van der Waals surface area contributed by atoms with E-state index >= 15 is 0 Å². The van der Waals surface area contributed by atoms with Gasteiger partial charge in [0.15, 0.2) is 0 Å². The zero-order chi connectivity index (χ0) is 16.2. The molecule has 0 saturated heterocycles. The molecule has 0 atom stereocenters. The number of anilines is 1. The Morgan fingerprint density at radius 1 is 0.917 bits per heavy atom. The fraction of sp³-hybridized carbons (Fsp3) is 0.105. The van der Waals surface area contributed by atoms with Crippen molar-refractivity contribution in [2.24, 2.45) is 0 Å². The van der Waals surface area contributed by atoms with Crippen LogP contribution in [0, 0.1) is 0 Å². The molecule has 0 aliphatic carbocycles. The zero-order valence-electron chi connectivity index (χ0n) is 13.1. The highest BCUT2D eigenvalue weighted by atomic mass is 15.3. The van der Waals surface area contributed by atoms with Crippen LogP contribution in [0.15, 0.2) is 73.1 Å². The minimum Gasteiger partial charge on any atom is -0.371 e. The Morgan fingerprint density at radius 3 is 2.46 bits per heavy atom. The van der Waals surface area contributed by atoms with Crippen molar-refractivity contribution in [2.75, 3.05) is 11.9 Å². The number of aromatic nitrogens is 4. The minimum absolute atomic E-state index is 0.596. The van der Waals surface area contributed by atoms with E-state index < -0.39 is 0 Å². The molecule has 24 heavy (non-hydrogen) atoms. The number of nitrogens with zero attached hydrogens (tertiary/aromatic N) is 4. The first-order chi connectivity index (χ1) is 11.9. The van der Waals surface area contributed by atoms with E-state index in [0.717, 1.165) is 30.0 Å². The lowest BCUT2D eigenvalue weighted by Crippen LogP contribution is -2.09. The van der Waals surface area contributed by atoms with Crippen molar-refractivity contribution in [1.82, 2.24) is 19.6 Å². The molecule has 0 fully saturated rings. The van der Waals surface area contributed by atoms with Gasteiger partial charge in [0, 0.05) is 18.2 Å². The van der Waals surface area contributed by atoms with Crippen LogP contribution in [-0.2, 0) is 6.42 Å². The van der Waals surface area contributed by atoms with Gasteiger partial charge in [-0.05, 0) is 12.0 Å². The van der Waals surface area contributed by atoms with Gasteiger partial charge in [0.2, 0.25) is 0 Å². The fourth-order valence-electron chi connectivity index (χ4n) is 2.69. The molecule has 5 nitrogen and oxygen atoms in total. The lowest BCUT2D eigenvalue weighted by atomic mass is 10.1. The first kappa shape index (κ1) is 14.4. The van der Waals surface area contributed by atoms with Crippen LogP contribution in [0.2, 0.25) is 0 Å². The molecular weight excluding hydrogens is 298 g/mol. The van der Waals surface area contributed by atoms with Gasteiger partial charge in [-0.25, -0.2) is 4.98 Å². The summed E-state index contributed by atoms with van der Waals surface area (Å²) in [5, 5.41) is 11.5. The quantitative estimate of drug-likeness (QED) is 0.613. The monoisotopic (exact) mass is 315 g/mol. The van der Waals surface area contributed by atoms with Crippen molar-refractivity contribution in [3.63, 3.8) is 0 Å². The maximum absolute atomic E-state index is 4.58. The van der Waals surface area contributed by atoms with Crippen LogP contribution >= 0.6 is 0 Å². The zero-order valence-corrected chi connectivity index (χ0v) is 13.1. The molecule has 118 valence electrons. The highest BCUT2D eigenvalue weighted by Crippen LogP contribution is 2.21. The van der Waals surface area contributed by atoms with Crippen LogP contribution in [0.4, 0.5) is 5.82 Å². The Labute approximate surface area is 140 Å². The maximum Gasteiger partial charge on any atom is 0.256 e. The van der Waals surface area contributed by atoms with Gasteiger partial charge in [-0.1, -0.05) is 60.7 Å². The first-order valence-corrected chi connectivity index (χ1v) is 7.94. The van der Waals surface area contributed by atoms with Crippen molar-refractivity contribution in [1.29, 1.82) is 0 Å². The molecular formula is C19H17N5. The molecule has 0 aliphatic heterocycles. The smallest absolute Gasteiger partial charge is 0.256 e. The first-order valence-electron chi connectivity index (χ1n) is 7.94. The fourth-order valence-corrected chi connectivity index (χ4v) is 2.69. The standard InChI is InChI=1S/C19H17N5/c1-3-7-15(8-4-1)11-12-20-18-13-17(16-9-5-2-6-10-16)22-19-23-21-14-24(18)19/h1-10,13-14,20H,11-12H2. The predicted octanol–water partition coefficient (Wildman–Crippen LogP) is 3.45. The van der Waals surface area contributed by atoms with Crippen LogP contribution in [0.5, 0.6) is 0 Å². The van der Waals surface area contributed by atoms with Crippen molar-refractivity contribution in [3.05, 3.63) is 78.6 Å². The molecule has 4 aromatic rings. The molecule has 1 N–H and O–H groups in total. The number of hydrogen-bond acceptors (Lipinski definition) is 4. The van der Waals surface area contributed by atoms with E-state index in [1.807, 2.05) is 46.9 Å². The average Bonchev–Trinajstić information content (AvgIpc) is 3.12. The lowest BCUT2D eigenvalue weighted by molar-refractivity contribution is 0.986. The van der Waals surface area contributed by atoms with Gasteiger partial charge < -0.3 is 5.32 Å². The SMILES string of the molecule is c1ccc(CCNc2cc(-c3ccccc3)nc3nncn23)cc1. The maximum atomic E-state index is 4.58. The Kier molecular flexibility index (Phi) is 3.90. The summed E-state index contributed by atoms with van der Waals surface area (Å²) < 4.78 is 1.87. The highest BCUT2D eigenvalue weighted by molar-refractivity contribution is 5.65. The number of nitrogens with one attached hydrogen (secondary N) is 1. The third-order valence-corrected chi connectivity index (χ3v) is 3.92. The number of fused-ring (bicyclic) bond motifs is 1. The molecule has 0 amide bonds. The van der Waals surface area contributed by atoms with Crippen molar-refractivity contribution >= 4 is 11.6 Å². The largest absolute Gasteiger partial charge is 0.371 e. The molecule has 0 bridgehead atoms. The molecule has 5 heteroatoms. The van der Waals surface area contributed by atoms with Crippen molar-refractivity contribution < 1.29 is 0 Å². The summed E-state index contributed by atoms with van der Waals surface area (Å²) in [6.07, 6.45) is 2.63. The Morgan fingerprint density at radius 2 is 1.67 bits per heavy atom. The molecule has 0 aliphatic rings. The summed E-state index contributed by atoms with van der Waals surface area (Å²) in [4.78, 5) is 4.58. The van der Waals surface area contributed by atoms with E-state index in [1.54, 1.807) is 6.33 Å². The van der Waals surface area contributed by atoms with Gasteiger partial charge in [0.25, 0.3) is 5.78 Å². The average molecular weight is 315 g/mol. The summed E-state index contributed by atoms with van der Waals surface area (Å²) in [7, 11) is 0. The van der Waals surface area contributed by atoms with Gasteiger partial charge in [0.05, 0.1) is 5.69 Å². The van der Waals surface area contributed by atoms with Crippen LogP contribution in [0.1, 0.15) is 5.56 Å². The van der Waals surface area contributed by atoms with E-state index in [-0.39, 0.29) is 0 Å².